The molecule has 1 saturated carbocycles. The number of aliphatic hydroxyl groups is 1. The number of hydrogen-bond donors (Lipinski definition) is 2. The number of anilines is 1. The van der Waals surface area contributed by atoms with E-state index in [2.05, 4.69) is 15.3 Å². The van der Waals surface area contributed by atoms with Crippen molar-refractivity contribution in [1.82, 2.24) is 14.4 Å². The number of aliphatic hydroxyl groups excluding tert-OH is 1. The van der Waals surface area contributed by atoms with E-state index in [0.29, 0.717) is 30.3 Å². The minimum absolute atomic E-state index is 0.0344. The molecule has 1 aliphatic rings. The number of fused-ring (bicyclic) bond motifs is 1. The monoisotopic (exact) mass is 336 g/mol. The highest BCUT2D eigenvalue weighted by molar-refractivity contribution is 5.96. The van der Waals surface area contributed by atoms with Gasteiger partial charge in [-0.25, -0.2) is 9.97 Å². The summed E-state index contributed by atoms with van der Waals surface area (Å²) < 4.78 is 1.95. The van der Waals surface area contributed by atoms with Crippen LogP contribution in [0, 0.1) is 5.92 Å². The minimum atomic E-state index is 0.0344. The van der Waals surface area contributed by atoms with Gasteiger partial charge in [0.2, 0.25) is 0 Å². The Morgan fingerprint density at radius 2 is 2.04 bits per heavy atom. The van der Waals surface area contributed by atoms with Gasteiger partial charge < -0.3 is 10.4 Å². The summed E-state index contributed by atoms with van der Waals surface area (Å²) >= 11 is 0. The van der Waals surface area contributed by atoms with E-state index in [4.69, 9.17) is 5.11 Å². The molecule has 6 heteroatoms. The summed E-state index contributed by atoms with van der Waals surface area (Å²) in [7, 11) is 0. The fourth-order valence-electron chi connectivity index (χ4n) is 2.96. The quantitative estimate of drug-likeness (QED) is 0.649. The summed E-state index contributed by atoms with van der Waals surface area (Å²) in [6.07, 6.45) is 8.39. The molecule has 1 aliphatic carbocycles. The van der Waals surface area contributed by atoms with Crippen molar-refractivity contribution in [2.75, 3.05) is 18.5 Å². The van der Waals surface area contributed by atoms with Crippen LogP contribution >= 0.6 is 0 Å². The molecule has 2 heterocycles. The molecule has 0 spiro atoms. The van der Waals surface area contributed by atoms with E-state index in [9.17, 15) is 4.79 Å². The van der Waals surface area contributed by atoms with Crippen LogP contribution in [0.1, 0.15) is 29.6 Å². The second-order valence-corrected chi connectivity index (χ2v) is 6.41. The maximum Gasteiger partial charge on any atom is 0.180 e. The van der Waals surface area contributed by atoms with Gasteiger partial charge in [-0.05, 0) is 18.8 Å². The molecule has 1 aromatic carbocycles. The number of carbonyl (C=O) groups excluding carboxylic acids is 1. The van der Waals surface area contributed by atoms with Crippen LogP contribution in [0.25, 0.3) is 16.9 Å². The van der Waals surface area contributed by atoms with Crippen molar-refractivity contribution >= 4 is 17.2 Å². The van der Waals surface area contributed by atoms with Crippen LogP contribution in [0.2, 0.25) is 0 Å². The van der Waals surface area contributed by atoms with Gasteiger partial charge in [0, 0.05) is 36.5 Å². The molecule has 4 rings (SSSR count). The van der Waals surface area contributed by atoms with Crippen LogP contribution in [0.4, 0.5) is 5.82 Å². The number of imidazole rings is 1. The molecule has 25 heavy (non-hydrogen) atoms. The van der Waals surface area contributed by atoms with Crippen molar-refractivity contribution in [3.8, 4) is 11.3 Å². The molecular formula is C19H20N4O2. The molecule has 3 aromatic rings. The molecule has 0 amide bonds. The fourth-order valence-corrected chi connectivity index (χ4v) is 2.96. The Balaban J connectivity index is 1.61. The first-order valence-corrected chi connectivity index (χ1v) is 8.56. The average molecular weight is 336 g/mol. The zero-order valence-corrected chi connectivity index (χ0v) is 13.9. The zero-order valence-electron chi connectivity index (χ0n) is 13.9. The molecule has 0 aliphatic heterocycles. The second kappa shape index (κ2) is 6.64. The smallest absolute Gasteiger partial charge is 0.180 e. The lowest BCUT2D eigenvalue weighted by atomic mass is 10.0. The zero-order chi connectivity index (χ0) is 17.2. The van der Waals surface area contributed by atoms with Crippen molar-refractivity contribution in [3.05, 3.63) is 48.4 Å². The molecule has 0 bridgehead atoms. The minimum Gasteiger partial charge on any atom is -0.395 e. The predicted octanol–water partition coefficient (Wildman–Crippen LogP) is 2.78. The van der Waals surface area contributed by atoms with E-state index in [1.165, 1.54) is 12.8 Å². The molecule has 0 saturated heterocycles. The van der Waals surface area contributed by atoms with E-state index < -0.39 is 0 Å². The lowest BCUT2D eigenvalue weighted by Gasteiger charge is -2.07. The first kappa shape index (κ1) is 15.8. The van der Waals surface area contributed by atoms with Crippen molar-refractivity contribution in [2.45, 2.75) is 19.3 Å². The lowest BCUT2D eigenvalue weighted by molar-refractivity contribution is 0.0976. The number of aromatic nitrogens is 3. The average Bonchev–Trinajstić information content (AvgIpc) is 3.35. The molecule has 128 valence electrons. The normalized spacial score (nSPS) is 14.0. The van der Waals surface area contributed by atoms with Gasteiger partial charge in [-0.3, -0.25) is 9.20 Å². The molecule has 2 aromatic heterocycles. The fraction of sp³-hybridized carbons (Fsp3) is 0.316. The maximum atomic E-state index is 12.2. The van der Waals surface area contributed by atoms with Crippen molar-refractivity contribution in [1.29, 1.82) is 0 Å². The summed E-state index contributed by atoms with van der Waals surface area (Å²) in [6, 6.07) is 7.72. The van der Waals surface area contributed by atoms with Crippen molar-refractivity contribution in [3.63, 3.8) is 0 Å². The van der Waals surface area contributed by atoms with Gasteiger partial charge in [0.15, 0.2) is 17.2 Å². The molecule has 6 nitrogen and oxygen atoms in total. The summed E-state index contributed by atoms with van der Waals surface area (Å²) in [6.45, 7) is 0.458. The van der Waals surface area contributed by atoms with Crippen LogP contribution in [0.15, 0.2) is 42.9 Å². The number of nitrogens with zero attached hydrogens (tertiary/aromatic N) is 3. The Hall–Kier alpha value is -2.73. The number of Topliss-reactive ketones (excluding diaryl/α,β-unsaturated/α-hetero) is 1. The van der Waals surface area contributed by atoms with Gasteiger partial charge in [-0.15, -0.1) is 0 Å². The summed E-state index contributed by atoms with van der Waals surface area (Å²) in [5.41, 5.74) is 3.41. The Morgan fingerprint density at radius 1 is 1.24 bits per heavy atom. The topological polar surface area (TPSA) is 79.5 Å². The highest BCUT2D eigenvalue weighted by atomic mass is 16.3. The van der Waals surface area contributed by atoms with Crippen molar-refractivity contribution in [2.24, 2.45) is 5.92 Å². The molecule has 0 unspecified atom stereocenters. The number of benzene rings is 1. The first-order valence-electron chi connectivity index (χ1n) is 8.56. The second-order valence-electron chi connectivity index (χ2n) is 6.41. The van der Waals surface area contributed by atoms with Gasteiger partial charge in [0.05, 0.1) is 18.5 Å². The molecule has 2 N–H and O–H groups in total. The Kier molecular flexibility index (Phi) is 4.19. The standard InChI is InChI=1S/C19H20N4O2/c24-10-8-21-18-19-22-12-16(23(19)9-7-20-18)14-3-5-15(6-4-14)17(25)11-13-1-2-13/h3-7,9,12-13,24H,1-2,8,10-11H2,(H,20,21). The predicted molar refractivity (Wildman–Crippen MR) is 95.7 cm³/mol. The number of nitrogens with one attached hydrogen (secondary N) is 1. The van der Waals surface area contributed by atoms with E-state index in [1.807, 2.05) is 34.9 Å². The lowest BCUT2D eigenvalue weighted by Crippen LogP contribution is -2.08. The van der Waals surface area contributed by atoms with Gasteiger partial charge in [0.1, 0.15) is 0 Å². The number of rotatable bonds is 7. The summed E-state index contributed by atoms with van der Waals surface area (Å²) in [5, 5.41) is 12.0. The molecule has 0 radical (unpaired) electrons. The van der Waals surface area contributed by atoms with Crippen LogP contribution < -0.4 is 5.32 Å². The van der Waals surface area contributed by atoms with Gasteiger partial charge >= 0.3 is 0 Å². The Morgan fingerprint density at radius 3 is 2.76 bits per heavy atom. The maximum absolute atomic E-state index is 12.2. The third kappa shape index (κ3) is 3.25. The largest absolute Gasteiger partial charge is 0.395 e. The third-order valence-electron chi connectivity index (χ3n) is 4.51. The van der Waals surface area contributed by atoms with Crippen LogP contribution in [0.5, 0.6) is 0 Å². The van der Waals surface area contributed by atoms with Crippen LogP contribution in [-0.4, -0.2) is 38.4 Å². The third-order valence-corrected chi connectivity index (χ3v) is 4.51. The van der Waals surface area contributed by atoms with Crippen LogP contribution in [-0.2, 0) is 0 Å². The molecule has 0 atom stereocenters. The van der Waals surface area contributed by atoms with E-state index in [-0.39, 0.29) is 12.4 Å². The highest BCUT2D eigenvalue weighted by Gasteiger charge is 2.24. The van der Waals surface area contributed by atoms with E-state index >= 15 is 0 Å². The molecule has 1 fully saturated rings. The molecular weight excluding hydrogens is 316 g/mol. The Labute approximate surface area is 145 Å². The van der Waals surface area contributed by atoms with Gasteiger partial charge in [0.25, 0.3) is 0 Å². The summed E-state index contributed by atoms with van der Waals surface area (Å²) in [4.78, 5) is 20.9. The van der Waals surface area contributed by atoms with E-state index in [0.717, 1.165) is 16.8 Å². The van der Waals surface area contributed by atoms with Gasteiger partial charge in [-0.2, -0.15) is 0 Å². The number of carbonyl (C=O) groups is 1. The SMILES string of the molecule is O=C(CC1CC1)c1ccc(-c2cnc3c(NCCO)nccn23)cc1. The highest BCUT2D eigenvalue weighted by Crippen LogP contribution is 2.33. The summed E-state index contributed by atoms with van der Waals surface area (Å²) in [5.74, 6) is 1.47. The number of ketones is 1. The number of hydrogen-bond acceptors (Lipinski definition) is 5. The van der Waals surface area contributed by atoms with E-state index in [1.54, 1.807) is 12.4 Å². The van der Waals surface area contributed by atoms with Crippen molar-refractivity contribution < 1.29 is 9.90 Å². The first-order chi connectivity index (χ1) is 12.3. The Bertz CT molecular complexity index is 897. The van der Waals surface area contributed by atoms with Crippen LogP contribution in [0.3, 0.4) is 0 Å². The van der Waals surface area contributed by atoms with Gasteiger partial charge in [-0.1, -0.05) is 24.3 Å².